The van der Waals surface area contributed by atoms with Gasteiger partial charge >= 0.3 is 0 Å². The summed E-state index contributed by atoms with van der Waals surface area (Å²) in [4.78, 5) is 15.1. The molecule has 1 aromatic carbocycles. The molecule has 0 saturated heterocycles. The van der Waals surface area contributed by atoms with Gasteiger partial charge in [0.05, 0.1) is 11.5 Å². The number of rotatable bonds is 1. The SMILES string of the molecule is Cc1cc2c(c(=O)[nH]1)[C@@H](c1ccc(Cl)cc1Cl)C(C#N)=C(N)O2. The molecule has 0 saturated carbocycles. The maximum Gasteiger partial charge on any atom is 0.256 e. The standard InChI is InChI=1S/C16H11Cl2N3O2/c1-7-4-12-14(16(22)21-7)13(10(6-19)15(20)23-12)9-3-2-8(17)5-11(9)18/h2-5,13H,20H2,1H3,(H,21,22)/t13-/m0/s1. The summed E-state index contributed by atoms with van der Waals surface area (Å²) >= 11 is 12.2. The molecule has 3 N–H and O–H groups in total. The largest absolute Gasteiger partial charge is 0.440 e. The van der Waals surface area contributed by atoms with Gasteiger partial charge in [-0.2, -0.15) is 5.26 Å². The summed E-state index contributed by atoms with van der Waals surface area (Å²) in [7, 11) is 0. The Labute approximate surface area is 141 Å². The van der Waals surface area contributed by atoms with Gasteiger partial charge in [-0.15, -0.1) is 0 Å². The Morgan fingerprint density at radius 2 is 2.09 bits per heavy atom. The zero-order valence-electron chi connectivity index (χ0n) is 12.0. The normalized spacial score (nSPS) is 16.5. The summed E-state index contributed by atoms with van der Waals surface area (Å²) < 4.78 is 5.46. The lowest BCUT2D eigenvalue weighted by molar-refractivity contribution is 0.391. The van der Waals surface area contributed by atoms with E-state index in [1.807, 2.05) is 6.07 Å². The van der Waals surface area contributed by atoms with Gasteiger partial charge in [-0.3, -0.25) is 4.79 Å². The van der Waals surface area contributed by atoms with Crippen molar-refractivity contribution >= 4 is 23.2 Å². The second kappa shape index (κ2) is 5.65. The number of nitrogens with one attached hydrogen (secondary N) is 1. The number of allylic oxidation sites excluding steroid dienone is 1. The molecule has 0 amide bonds. The molecule has 23 heavy (non-hydrogen) atoms. The molecule has 1 aliphatic heterocycles. The fourth-order valence-corrected chi connectivity index (χ4v) is 3.17. The summed E-state index contributed by atoms with van der Waals surface area (Å²) in [6, 6.07) is 8.55. The monoisotopic (exact) mass is 347 g/mol. The lowest BCUT2D eigenvalue weighted by Crippen LogP contribution is -2.28. The Hall–Kier alpha value is -2.42. The van der Waals surface area contributed by atoms with Crippen molar-refractivity contribution < 1.29 is 4.74 Å². The quantitative estimate of drug-likeness (QED) is 0.828. The highest BCUT2D eigenvalue weighted by Gasteiger charge is 2.34. The minimum atomic E-state index is -0.710. The summed E-state index contributed by atoms with van der Waals surface area (Å²) in [5.74, 6) is -0.433. The summed E-state index contributed by atoms with van der Waals surface area (Å²) in [5.41, 5.74) is 7.14. The van der Waals surface area contributed by atoms with Gasteiger partial charge in [0.2, 0.25) is 5.88 Å². The van der Waals surface area contributed by atoms with E-state index in [0.717, 1.165) is 0 Å². The predicted molar refractivity (Wildman–Crippen MR) is 87.6 cm³/mol. The van der Waals surface area contributed by atoms with Crippen LogP contribution in [0.5, 0.6) is 5.75 Å². The van der Waals surface area contributed by atoms with Crippen LogP contribution in [0, 0.1) is 18.3 Å². The molecule has 116 valence electrons. The summed E-state index contributed by atoms with van der Waals surface area (Å²) in [5, 5.41) is 10.3. The van der Waals surface area contributed by atoms with Crippen molar-refractivity contribution in [3.8, 4) is 11.8 Å². The van der Waals surface area contributed by atoms with E-state index in [1.54, 1.807) is 31.2 Å². The highest BCUT2D eigenvalue weighted by molar-refractivity contribution is 6.35. The van der Waals surface area contributed by atoms with Crippen molar-refractivity contribution in [1.29, 1.82) is 5.26 Å². The highest BCUT2D eigenvalue weighted by atomic mass is 35.5. The van der Waals surface area contributed by atoms with Gasteiger partial charge in [-0.05, 0) is 24.6 Å². The van der Waals surface area contributed by atoms with Gasteiger partial charge in [0.1, 0.15) is 17.4 Å². The molecular weight excluding hydrogens is 337 g/mol. The highest BCUT2D eigenvalue weighted by Crippen LogP contribution is 2.42. The zero-order valence-corrected chi connectivity index (χ0v) is 13.5. The first-order valence-corrected chi connectivity index (χ1v) is 7.44. The number of nitrogens with zero attached hydrogens (tertiary/aromatic N) is 1. The van der Waals surface area contributed by atoms with Crippen LogP contribution in [-0.2, 0) is 0 Å². The lowest BCUT2D eigenvalue weighted by atomic mass is 9.84. The first-order valence-electron chi connectivity index (χ1n) is 6.68. The maximum absolute atomic E-state index is 12.4. The van der Waals surface area contributed by atoms with Crippen LogP contribution in [0.15, 0.2) is 40.5 Å². The van der Waals surface area contributed by atoms with E-state index in [4.69, 9.17) is 33.7 Å². The molecule has 0 spiro atoms. The molecule has 1 aromatic heterocycles. The number of fused-ring (bicyclic) bond motifs is 1. The van der Waals surface area contributed by atoms with Crippen LogP contribution < -0.4 is 16.0 Å². The van der Waals surface area contributed by atoms with Gasteiger partial charge < -0.3 is 15.5 Å². The minimum absolute atomic E-state index is 0.0407. The molecule has 0 fully saturated rings. The summed E-state index contributed by atoms with van der Waals surface area (Å²) in [6.07, 6.45) is 0. The van der Waals surface area contributed by atoms with E-state index < -0.39 is 5.92 Å². The maximum atomic E-state index is 12.4. The van der Waals surface area contributed by atoms with Crippen LogP contribution in [0.1, 0.15) is 22.7 Å². The first-order chi connectivity index (χ1) is 10.9. The van der Waals surface area contributed by atoms with E-state index in [2.05, 4.69) is 4.98 Å². The summed E-state index contributed by atoms with van der Waals surface area (Å²) in [6.45, 7) is 1.73. The number of benzene rings is 1. The molecule has 7 heteroatoms. The number of pyridine rings is 1. The van der Waals surface area contributed by atoms with Crippen LogP contribution in [0.2, 0.25) is 10.0 Å². The number of nitrogens with two attached hydrogens (primary N) is 1. The van der Waals surface area contributed by atoms with E-state index >= 15 is 0 Å². The number of hydrogen-bond acceptors (Lipinski definition) is 4. The smallest absolute Gasteiger partial charge is 0.256 e. The number of H-pyrrole nitrogens is 1. The average molecular weight is 348 g/mol. The molecule has 0 unspecified atom stereocenters. The second-order valence-corrected chi connectivity index (χ2v) is 5.99. The van der Waals surface area contributed by atoms with Crippen LogP contribution in [-0.4, -0.2) is 4.98 Å². The van der Waals surface area contributed by atoms with E-state index in [0.29, 0.717) is 32.6 Å². The first kappa shape index (κ1) is 15.5. The Morgan fingerprint density at radius 1 is 1.35 bits per heavy atom. The molecule has 0 radical (unpaired) electrons. The number of ether oxygens (including phenoxy) is 1. The molecule has 2 heterocycles. The number of halogens is 2. The Bertz CT molecular complexity index is 941. The van der Waals surface area contributed by atoms with Gasteiger partial charge in [-0.1, -0.05) is 29.3 Å². The molecular formula is C16H11Cl2N3O2. The molecule has 1 aliphatic rings. The van der Waals surface area contributed by atoms with Crippen LogP contribution in [0.25, 0.3) is 0 Å². The van der Waals surface area contributed by atoms with Crippen LogP contribution >= 0.6 is 23.2 Å². The molecule has 1 atom stereocenters. The number of aromatic amines is 1. The minimum Gasteiger partial charge on any atom is -0.440 e. The van der Waals surface area contributed by atoms with E-state index in [1.165, 1.54) is 0 Å². The van der Waals surface area contributed by atoms with Crippen molar-refractivity contribution in [1.82, 2.24) is 4.98 Å². The van der Waals surface area contributed by atoms with Gasteiger partial charge in [0.25, 0.3) is 5.56 Å². The fourth-order valence-electron chi connectivity index (χ4n) is 2.65. The molecule has 0 bridgehead atoms. The Kier molecular flexibility index (Phi) is 3.80. The van der Waals surface area contributed by atoms with Crippen molar-refractivity contribution in [3.05, 3.63) is 72.9 Å². The van der Waals surface area contributed by atoms with E-state index in [9.17, 15) is 10.1 Å². The van der Waals surface area contributed by atoms with Crippen LogP contribution in [0.4, 0.5) is 0 Å². The van der Waals surface area contributed by atoms with Crippen molar-refractivity contribution in [2.24, 2.45) is 5.73 Å². The lowest BCUT2D eigenvalue weighted by Gasteiger charge is -2.26. The number of aromatic nitrogens is 1. The van der Waals surface area contributed by atoms with Crippen LogP contribution in [0.3, 0.4) is 0 Å². The zero-order chi connectivity index (χ0) is 16.7. The second-order valence-electron chi connectivity index (χ2n) is 5.15. The predicted octanol–water partition coefficient (Wildman–Crippen LogP) is 3.21. The van der Waals surface area contributed by atoms with Crippen molar-refractivity contribution in [2.45, 2.75) is 12.8 Å². The topological polar surface area (TPSA) is 91.9 Å². The third-order valence-corrected chi connectivity index (χ3v) is 4.19. The number of hydrogen-bond donors (Lipinski definition) is 2. The molecule has 3 rings (SSSR count). The molecule has 0 aliphatic carbocycles. The number of nitriles is 1. The number of aryl methyl sites for hydroxylation is 1. The fraction of sp³-hybridized carbons (Fsp3) is 0.125. The molecule has 2 aromatic rings. The van der Waals surface area contributed by atoms with Gasteiger partial charge in [0, 0.05) is 21.8 Å². The van der Waals surface area contributed by atoms with Crippen molar-refractivity contribution in [2.75, 3.05) is 0 Å². The molecule has 5 nitrogen and oxygen atoms in total. The third kappa shape index (κ3) is 2.56. The Balaban J connectivity index is 2.34. The third-order valence-electron chi connectivity index (χ3n) is 3.63. The average Bonchev–Trinajstić information content (AvgIpc) is 2.45. The Morgan fingerprint density at radius 3 is 2.74 bits per heavy atom. The van der Waals surface area contributed by atoms with Crippen molar-refractivity contribution in [3.63, 3.8) is 0 Å². The van der Waals surface area contributed by atoms with Gasteiger partial charge in [-0.25, -0.2) is 0 Å². The van der Waals surface area contributed by atoms with Gasteiger partial charge in [0.15, 0.2) is 0 Å². The van der Waals surface area contributed by atoms with E-state index in [-0.39, 0.29) is 17.0 Å².